The number of carbonyl (C=O) groups is 1. The average Bonchev–Trinajstić information content (AvgIpc) is 3.14. The molecule has 0 atom stereocenters. The Kier molecular flexibility index (Phi) is 17.2. The summed E-state index contributed by atoms with van der Waals surface area (Å²) in [5.74, 6) is -0.405. The number of aliphatic imine (C=N–C) groups is 1. The number of rotatable bonds is 6. The molecule has 0 aliphatic carbocycles. The van der Waals surface area contributed by atoms with Crippen LogP contribution in [0.25, 0.3) is 0 Å². The zero-order chi connectivity index (χ0) is 27.4. The van der Waals surface area contributed by atoms with Gasteiger partial charge in [-0.2, -0.15) is 13.2 Å². The minimum Gasteiger partial charge on any atom is -0.385 e. The lowest BCUT2D eigenvalue weighted by atomic mass is 10.2. The lowest BCUT2D eigenvalue weighted by molar-refractivity contribution is -0.137. The Morgan fingerprint density at radius 3 is 2.03 bits per heavy atom. The molecule has 1 aliphatic heterocycles. The number of benzene rings is 2. The van der Waals surface area contributed by atoms with Crippen molar-refractivity contribution in [3.05, 3.63) is 71.4 Å². The molecule has 0 unspecified atom stereocenters. The van der Waals surface area contributed by atoms with Crippen molar-refractivity contribution in [2.75, 3.05) is 23.7 Å². The number of nitrogens with zero attached hydrogens (tertiary/aromatic N) is 1. The van der Waals surface area contributed by atoms with E-state index in [0.29, 0.717) is 5.56 Å². The molecule has 1 heterocycles. The fourth-order valence-corrected chi connectivity index (χ4v) is 2.72. The van der Waals surface area contributed by atoms with E-state index in [4.69, 9.17) is 5.73 Å². The summed E-state index contributed by atoms with van der Waals surface area (Å²) < 4.78 is 36.5. The molecule has 1 amide bonds. The predicted molar refractivity (Wildman–Crippen MR) is 147 cm³/mol. The first-order valence-electron chi connectivity index (χ1n) is 12.5. The molecule has 0 fully saturated rings. The number of hydrogen-bond acceptors (Lipinski definition) is 4. The van der Waals surface area contributed by atoms with Gasteiger partial charge < -0.3 is 16.4 Å². The van der Waals surface area contributed by atoms with Gasteiger partial charge in [0.2, 0.25) is 5.91 Å². The summed E-state index contributed by atoms with van der Waals surface area (Å²) >= 11 is 0. The van der Waals surface area contributed by atoms with Crippen molar-refractivity contribution in [1.29, 1.82) is 0 Å². The maximum Gasteiger partial charge on any atom is 0.416 e. The molecule has 2 aromatic rings. The molecule has 5 nitrogen and oxygen atoms in total. The summed E-state index contributed by atoms with van der Waals surface area (Å²) in [5.41, 5.74) is 7.90. The number of allylic oxidation sites excluding steroid dienone is 2. The minimum absolute atomic E-state index is 0.405. The third-order valence-corrected chi connectivity index (χ3v) is 4.38. The van der Waals surface area contributed by atoms with E-state index in [9.17, 15) is 18.0 Å². The summed E-state index contributed by atoms with van der Waals surface area (Å²) in [5, 5.41) is 6.31. The van der Waals surface area contributed by atoms with Crippen molar-refractivity contribution < 1.29 is 18.0 Å². The topological polar surface area (TPSA) is 79.5 Å². The lowest BCUT2D eigenvalue weighted by Gasteiger charge is -2.09. The van der Waals surface area contributed by atoms with Gasteiger partial charge in [0.25, 0.3) is 0 Å². The van der Waals surface area contributed by atoms with Crippen molar-refractivity contribution in [3.8, 4) is 0 Å². The second-order valence-electron chi connectivity index (χ2n) is 7.63. The molecule has 0 bridgehead atoms. The van der Waals surface area contributed by atoms with Crippen molar-refractivity contribution in [2.45, 2.75) is 66.5 Å². The van der Waals surface area contributed by atoms with Crippen LogP contribution in [0.4, 0.5) is 24.5 Å². The molecule has 0 aromatic heterocycles. The molecular weight excluding hydrogens is 465 g/mol. The van der Waals surface area contributed by atoms with Crippen LogP contribution in [0.2, 0.25) is 0 Å². The zero-order valence-electron chi connectivity index (χ0n) is 22.1. The number of nitrogens with two attached hydrogens (primary N) is 1. The van der Waals surface area contributed by atoms with Gasteiger partial charge in [0, 0.05) is 41.9 Å². The molecule has 36 heavy (non-hydrogen) atoms. The quantitative estimate of drug-likeness (QED) is 0.372. The molecular formula is C28H41F3N4O. The van der Waals surface area contributed by atoms with Gasteiger partial charge >= 0.3 is 6.18 Å². The van der Waals surface area contributed by atoms with E-state index >= 15 is 0 Å². The first kappa shape index (κ1) is 32.7. The molecule has 2 aromatic carbocycles. The predicted octanol–water partition coefficient (Wildman–Crippen LogP) is 7.92. The highest BCUT2D eigenvalue weighted by Gasteiger charge is 2.29. The van der Waals surface area contributed by atoms with Gasteiger partial charge in [-0.15, -0.1) is 0 Å². The average molecular weight is 507 g/mol. The Morgan fingerprint density at radius 1 is 0.972 bits per heavy atom. The number of amides is 1. The van der Waals surface area contributed by atoms with E-state index in [1.807, 2.05) is 45.2 Å². The third-order valence-electron chi connectivity index (χ3n) is 4.38. The summed E-state index contributed by atoms with van der Waals surface area (Å²) in [7, 11) is 0. The molecule has 8 heteroatoms. The number of nitrogens with one attached hydrogen (secondary N) is 2. The molecule has 0 radical (unpaired) electrons. The summed E-state index contributed by atoms with van der Waals surface area (Å²) in [4.78, 5) is 15.1. The molecule has 3 rings (SSSR count). The van der Waals surface area contributed by atoms with Crippen molar-refractivity contribution in [3.63, 3.8) is 0 Å². The zero-order valence-corrected chi connectivity index (χ0v) is 22.1. The van der Waals surface area contributed by atoms with E-state index in [1.165, 1.54) is 18.6 Å². The van der Waals surface area contributed by atoms with Gasteiger partial charge in [-0.3, -0.25) is 9.79 Å². The highest BCUT2D eigenvalue weighted by molar-refractivity contribution is 5.93. The maximum atomic E-state index is 12.2. The van der Waals surface area contributed by atoms with Crippen LogP contribution in [0.3, 0.4) is 0 Å². The van der Waals surface area contributed by atoms with Crippen molar-refractivity contribution in [2.24, 2.45) is 10.7 Å². The molecule has 0 saturated carbocycles. The largest absolute Gasteiger partial charge is 0.416 e. The van der Waals surface area contributed by atoms with Gasteiger partial charge in [0.15, 0.2) is 0 Å². The molecule has 0 spiro atoms. The molecule has 0 saturated heterocycles. The third kappa shape index (κ3) is 14.2. The van der Waals surface area contributed by atoms with Crippen molar-refractivity contribution >= 4 is 23.5 Å². The van der Waals surface area contributed by atoms with Crippen LogP contribution in [0.1, 0.15) is 76.2 Å². The number of anilines is 2. The first-order chi connectivity index (χ1) is 17.2. The number of hydrogen-bond donors (Lipinski definition) is 3. The van der Waals surface area contributed by atoms with Gasteiger partial charge in [-0.25, -0.2) is 0 Å². The lowest BCUT2D eigenvalue weighted by Crippen LogP contribution is -2.10. The van der Waals surface area contributed by atoms with Crippen LogP contribution >= 0.6 is 0 Å². The van der Waals surface area contributed by atoms with Crippen LogP contribution in [0.5, 0.6) is 0 Å². The van der Waals surface area contributed by atoms with Crippen LogP contribution in [0, 0.1) is 0 Å². The van der Waals surface area contributed by atoms with Crippen LogP contribution in [0.15, 0.2) is 65.3 Å². The number of alkyl halides is 3. The van der Waals surface area contributed by atoms with Crippen molar-refractivity contribution in [1.82, 2.24) is 0 Å². The monoisotopic (exact) mass is 506 g/mol. The van der Waals surface area contributed by atoms with E-state index in [2.05, 4.69) is 29.5 Å². The molecule has 1 aliphatic rings. The number of carbonyl (C=O) groups excluding carboxylic acids is 1. The van der Waals surface area contributed by atoms with Gasteiger partial charge in [-0.1, -0.05) is 41.0 Å². The number of primary amides is 1. The summed E-state index contributed by atoms with van der Waals surface area (Å²) in [6, 6.07) is 12.2. The fraction of sp³-hybridized carbons (Fsp3) is 0.429. The Bertz CT molecular complexity index is 906. The van der Waals surface area contributed by atoms with E-state index in [0.717, 1.165) is 61.6 Å². The Balaban J connectivity index is 0.000000586. The SMILES string of the molecule is CC.CCC.CCCNc1ccc(C(F)(F)F)cc1.NC(=O)c1ccc(NC2=CC=NCCC2)cc1. The first-order valence-corrected chi connectivity index (χ1v) is 12.5. The second kappa shape index (κ2) is 19.0. The van der Waals surface area contributed by atoms with Crippen LogP contribution < -0.4 is 16.4 Å². The van der Waals surface area contributed by atoms with Gasteiger partial charge in [0.05, 0.1) is 5.56 Å². The second-order valence-corrected chi connectivity index (χ2v) is 7.63. The smallest absolute Gasteiger partial charge is 0.385 e. The van der Waals surface area contributed by atoms with Gasteiger partial charge in [0.1, 0.15) is 0 Å². The number of halogens is 3. The molecule has 4 N–H and O–H groups in total. The van der Waals surface area contributed by atoms with Crippen LogP contribution in [-0.4, -0.2) is 25.2 Å². The molecule has 200 valence electrons. The minimum atomic E-state index is -4.25. The fourth-order valence-electron chi connectivity index (χ4n) is 2.72. The van der Waals surface area contributed by atoms with E-state index in [-0.39, 0.29) is 0 Å². The van der Waals surface area contributed by atoms with E-state index < -0.39 is 17.6 Å². The standard InChI is InChI=1S/C13H15N3O.C10H12F3N.C3H8.C2H6/c14-13(17)10-3-5-12(6-4-10)16-11-2-1-8-15-9-7-11;1-2-7-14-9-5-3-8(4-6-9)10(11,12)13;1-3-2;1-2/h3-7,9,16H,1-2,8H2,(H2,14,17);3-6,14H,2,7H2,1H3;3H2,1-2H3;1-2H3. The highest BCUT2D eigenvalue weighted by atomic mass is 19.4. The maximum absolute atomic E-state index is 12.2. The Hall–Kier alpha value is -3.29. The van der Waals surface area contributed by atoms with E-state index in [1.54, 1.807) is 12.1 Å². The Morgan fingerprint density at radius 2 is 1.53 bits per heavy atom. The normalized spacial score (nSPS) is 12.2. The Labute approximate surface area is 214 Å². The highest BCUT2D eigenvalue weighted by Crippen LogP contribution is 2.29. The van der Waals surface area contributed by atoms with Crippen LogP contribution in [-0.2, 0) is 6.18 Å². The van der Waals surface area contributed by atoms with Gasteiger partial charge in [-0.05, 0) is 73.9 Å². The summed E-state index contributed by atoms with van der Waals surface area (Å²) in [6.45, 7) is 11.9. The summed E-state index contributed by atoms with van der Waals surface area (Å²) in [6.07, 6.45) is 3.79.